The van der Waals surface area contributed by atoms with Crippen molar-refractivity contribution in [2.75, 3.05) is 25.4 Å². The summed E-state index contributed by atoms with van der Waals surface area (Å²) >= 11 is 4.47. The molecule has 0 spiro atoms. The molecule has 2 atom stereocenters. The van der Waals surface area contributed by atoms with Crippen molar-refractivity contribution >= 4 is 12.6 Å². The topological polar surface area (TPSA) is 12.5 Å². The highest BCUT2D eigenvalue weighted by molar-refractivity contribution is 7.80. The van der Waals surface area contributed by atoms with Crippen LogP contribution in [0.25, 0.3) is 0 Å². The van der Waals surface area contributed by atoms with Crippen LogP contribution in [0.3, 0.4) is 0 Å². The zero-order valence-electron chi connectivity index (χ0n) is 8.61. The predicted molar refractivity (Wildman–Crippen MR) is 59.9 cm³/mol. The third-order valence-corrected chi connectivity index (χ3v) is 4.64. The van der Waals surface area contributed by atoms with Gasteiger partial charge in [-0.05, 0) is 36.9 Å². The van der Waals surface area contributed by atoms with Crippen LogP contribution < -0.4 is 0 Å². The van der Waals surface area contributed by atoms with Gasteiger partial charge in [0.2, 0.25) is 0 Å². The third-order valence-electron chi connectivity index (χ3n) is 3.97. The fraction of sp³-hybridized carbons (Fsp3) is 1.00. The summed E-state index contributed by atoms with van der Waals surface area (Å²) in [6.07, 6.45) is 6.45. The summed E-state index contributed by atoms with van der Waals surface area (Å²) in [5.41, 5.74) is 0.583. The second kappa shape index (κ2) is 3.39. The van der Waals surface area contributed by atoms with Crippen LogP contribution in [0.5, 0.6) is 0 Å². The highest BCUT2D eigenvalue weighted by Gasteiger charge is 2.44. The van der Waals surface area contributed by atoms with Crippen LogP contribution in [0.4, 0.5) is 0 Å². The molecule has 0 amide bonds. The molecule has 3 rings (SSSR count). The smallest absolute Gasteiger partial charge is 0.0707 e. The Balaban J connectivity index is 1.59. The minimum Gasteiger partial charge on any atom is -0.372 e. The van der Waals surface area contributed by atoms with E-state index in [4.69, 9.17) is 4.74 Å². The van der Waals surface area contributed by atoms with Gasteiger partial charge in [0, 0.05) is 19.6 Å². The van der Waals surface area contributed by atoms with Gasteiger partial charge in [0.25, 0.3) is 0 Å². The first-order valence-electron chi connectivity index (χ1n) is 5.78. The number of morpholine rings is 1. The number of thiol groups is 1. The second-order valence-corrected chi connectivity index (χ2v) is 5.63. The monoisotopic (exact) mass is 213 g/mol. The molecule has 80 valence electrons. The van der Waals surface area contributed by atoms with Gasteiger partial charge in [-0.2, -0.15) is 12.6 Å². The van der Waals surface area contributed by atoms with Crippen molar-refractivity contribution in [1.82, 2.24) is 4.90 Å². The molecule has 2 nitrogen and oxygen atoms in total. The van der Waals surface area contributed by atoms with E-state index in [0.29, 0.717) is 17.6 Å². The summed E-state index contributed by atoms with van der Waals surface area (Å²) in [6, 6.07) is 0. The molecule has 14 heavy (non-hydrogen) atoms. The molecule has 0 aromatic rings. The highest BCUT2D eigenvalue weighted by atomic mass is 32.1. The first kappa shape index (κ1) is 9.49. The number of fused-ring (bicyclic) bond motifs is 2. The Morgan fingerprint density at radius 2 is 1.86 bits per heavy atom. The molecule has 0 radical (unpaired) electrons. The Morgan fingerprint density at radius 3 is 2.36 bits per heavy atom. The SMILES string of the molecule is SCC1(CN2CC3CCC(C2)O3)CC1. The van der Waals surface area contributed by atoms with E-state index in [0.717, 1.165) is 5.75 Å². The van der Waals surface area contributed by atoms with Crippen LogP contribution in [0, 0.1) is 5.41 Å². The van der Waals surface area contributed by atoms with Gasteiger partial charge < -0.3 is 4.74 Å². The molecule has 2 aliphatic heterocycles. The molecule has 2 heterocycles. The molecule has 1 saturated carbocycles. The van der Waals surface area contributed by atoms with Crippen LogP contribution in [0.15, 0.2) is 0 Å². The summed E-state index contributed by atoms with van der Waals surface area (Å²) in [4.78, 5) is 2.62. The van der Waals surface area contributed by atoms with E-state index in [1.807, 2.05) is 0 Å². The lowest BCUT2D eigenvalue weighted by atomic mass is 10.1. The van der Waals surface area contributed by atoms with Crippen molar-refractivity contribution in [3.05, 3.63) is 0 Å². The van der Waals surface area contributed by atoms with E-state index >= 15 is 0 Å². The number of hydrogen-bond donors (Lipinski definition) is 1. The summed E-state index contributed by atoms with van der Waals surface area (Å²) in [6.45, 7) is 3.62. The average Bonchev–Trinajstić information content (AvgIpc) is 2.88. The van der Waals surface area contributed by atoms with Crippen molar-refractivity contribution in [3.8, 4) is 0 Å². The zero-order chi connectivity index (χ0) is 9.60. The minimum absolute atomic E-state index is 0.546. The lowest BCUT2D eigenvalue weighted by molar-refractivity contribution is -0.0428. The second-order valence-electron chi connectivity index (χ2n) is 5.31. The molecular formula is C11H19NOS. The minimum atomic E-state index is 0.546. The molecule has 2 bridgehead atoms. The van der Waals surface area contributed by atoms with E-state index < -0.39 is 0 Å². The fourth-order valence-corrected chi connectivity index (χ4v) is 3.26. The van der Waals surface area contributed by atoms with Gasteiger partial charge in [0.05, 0.1) is 12.2 Å². The lowest BCUT2D eigenvalue weighted by Crippen LogP contribution is -2.45. The maximum Gasteiger partial charge on any atom is 0.0707 e. The number of nitrogens with zero attached hydrogens (tertiary/aromatic N) is 1. The predicted octanol–water partition coefficient (Wildman–Crippen LogP) is 1.56. The van der Waals surface area contributed by atoms with Gasteiger partial charge >= 0.3 is 0 Å². The molecule has 2 unspecified atom stereocenters. The third kappa shape index (κ3) is 1.70. The standard InChI is InChI=1S/C11H19NOS/c14-8-11(3-4-11)7-12-5-9-1-2-10(6-12)13-9/h9-10,14H,1-8H2. The van der Waals surface area contributed by atoms with Gasteiger partial charge in [-0.25, -0.2) is 0 Å². The number of hydrogen-bond acceptors (Lipinski definition) is 3. The molecule has 3 aliphatic rings. The molecule has 2 saturated heterocycles. The quantitative estimate of drug-likeness (QED) is 0.714. The van der Waals surface area contributed by atoms with Crippen molar-refractivity contribution in [2.45, 2.75) is 37.9 Å². The van der Waals surface area contributed by atoms with Crippen LogP contribution in [0.2, 0.25) is 0 Å². The van der Waals surface area contributed by atoms with Gasteiger partial charge in [-0.15, -0.1) is 0 Å². The maximum absolute atomic E-state index is 5.84. The van der Waals surface area contributed by atoms with Crippen LogP contribution in [-0.4, -0.2) is 42.5 Å². The molecule has 3 fully saturated rings. The van der Waals surface area contributed by atoms with E-state index in [2.05, 4.69) is 17.5 Å². The van der Waals surface area contributed by atoms with Gasteiger partial charge in [-0.1, -0.05) is 0 Å². The molecule has 0 aromatic carbocycles. The molecule has 0 N–H and O–H groups in total. The fourth-order valence-electron chi connectivity index (χ4n) is 2.85. The van der Waals surface area contributed by atoms with E-state index in [1.54, 1.807) is 0 Å². The number of rotatable bonds is 3. The summed E-state index contributed by atoms with van der Waals surface area (Å²) in [7, 11) is 0. The van der Waals surface area contributed by atoms with Crippen LogP contribution in [-0.2, 0) is 4.74 Å². The Kier molecular flexibility index (Phi) is 2.30. The number of likely N-dealkylation sites (tertiary alicyclic amines) is 1. The van der Waals surface area contributed by atoms with Gasteiger partial charge in [0.1, 0.15) is 0 Å². The van der Waals surface area contributed by atoms with Gasteiger partial charge in [0.15, 0.2) is 0 Å². The largest absolute Gasteiger partial charge is 0.372 e. The van der Waals surface area contributed by atoms with Crippen molar-refractivity contribution < 1.29 is 4.74 Å². The Labute approximate surface area is 91.4 Å². The lowest BCUT2D eigenvalue weighted by Gasteiger charge is -2.34. The normalized spacial score (nSPS) is 40.1. The van der Waals surface area contributed by atoms with Gasteiger partial charge in [-0.3, -0.25) is 4.90 Å². The summed E-state index contributed by atoms with van der Waals surface area (Å²) in [5, 5.41) is 0. The first-order chi connectivity index (χ1) is 6.80. The average molecular weight is 213 g/mol. The maximum atomic E-state index is 5.84. The Hall–Kier alpha value is 0.270. The van der Waals surface area contributed by atoms with Crippen molar-refractivity contribution in [2.24, 2.45) is 5.41 Å². The van der Waals surface area contributed by atoms with Crippen molar-refractivity contribution in [3.63, 3.8) is 0 Å². The number of ether oxygens (including phenoxy) is 1. The first-order valence-corrected chi connectivity index (χ1v) is 6.42. The molecule has 3 heteroatoms. The highest BCUT2D eigenvalue weighted by Crippen LogP contribution is 2.47. The summed E-state index contributed by atoms with van der Waals surface area (Å²) < 4.78 is 5.84. The molecule has 1 aliphatic carbocycles. The zero-order valence-corrected chi connectivity index (χ0v) is 9.51. The van der Waals surface area contributed by atoms with E-state index in [1.165, 1.54) is 45.3 Å². The van der Waals surface area contributed by atoms with Crippen LogP contribution in [0.1, 0.15) is 25.7 Å². The van der Waals surface area contributed by atoms with E-state index in [-0.39, 0.29) is 0 Å². The van der Waals surface area contributed by atoms with E-state index in [9.17, 15) is 0 Å². The Morgan fingerprint density at radius 1 is 1.21 bits per heavy atom. The Bertz CT molecular complexity index is 217. The van der Waals surface area contributed by atoms with Crippen LogP contribution >= 0.6 is 12.6 Å². The molecule has 0 aromatic heterocycles. The molecular weight excluding hydrogens is 194 g/mol. The summed E-state index contributed by atoms with van der Waals surface area (Å²) in [5.74, 6) is 1.07. The van der Waals surface area contributed by atoms with Crippen molar-refractivity contribution in [1.29, 1.82) is 0 Å².